The van der Waals surface area contributed by atoms with Crippen molar-refractivity contribution in [3.05, 3.63) is 40.3 Å². The van der Waals surface area contributed by atoms with Gasteiger partial charge < -0.3 is 14.6 Å². The lowest BCUT2D eigenvalue weighted by Gasteiger charge is -2.35. The van der Waals surface area contributed by atoms with Crippen molar-refractivity contribution in [3.8, 4) is 11.5 Å². The van der Waals surface area contributed by atoms with Crippen LogP contribution in [-0.2, 0) is 12.0 Å². The highest BCUT2D eigenvalue weighted by atomic mass is 16.5. The molecule has 0 radical (unpaired) electrons. The van der Waals surface area contributed by atoms with Gasteiger partial charge in [-0.2, -0.15) is 0 Å². The number of aliphatic hydroxyl groups is 1. The van der Waals surface area contributed by atoms with Gasteiger partial charge in [-0.15, -0.1) is 4.91 Å². The molecule has 0 unspecified atom stereocenters. The zero-order valence-corrected chi connectivity index (χ0v) is 12.4. The predicted octanol–water partition coefficient (Wildman–Crippen LogP) is 1.90. The van der Waals surface area contributed by atoms with Crippen molar-refractivity contribution in [1.82, 2.24) is 5.01 Å². The summed E-state index contributed by atoms with van der Waals surface area (Å²) in [5, 5.41) is 14.6. The smallest absolute Gasteiger partial charge is 0.166 e. The minimum atomic E-state index is -0.497. The van der Waals surface area contributed by atoms with Crippen LogP contribution in [0.15, 0.2) is 29.6 Å². The predicted molar refractivity (Wildman–Crippen MR) is 79.7 cm³/mol. The minimum absolute atomic E-state index is 0.135. The third-order valence-corrected chi connectivity index (χ3v) is 5.05. The summed E-state index contributed by atoms with van der Waals surface area (Å²) < 4.78 is 11.6. The molecule has 0 saturated carbocycles. The second-order valence-corrected chi connectivity index (χ2v) is 6.16. The van der Waals surface area contributed by atoms with E-state index in [1.165, 1.54) is 0 Å². The molecule has 1 spiro atoms. The molecule has 0 saturated heterocycles. The van der Waals surface area contributed by atoms with Gasteiger partial charge in [0.25, 0.3) is 0 Å². The third-order valence-electron chi connectivity index (χ3n) is 5.05. The Labute approximate surface area is 128 Å². The summed E-state index contributed by atoms with van der Waals surface area (Å²) in [6.45, 7) is 1.05. The normalized spacial score (nSPS) is 31.8. The van der Waals surface area contributed by atoms with E-state index in [1.807, 2.05) is 18.2 Å². The van der Waals surface area contributed by atoms with Crippen molar-refractivity contribution in [2.75, 3.05) is 13.7 Å². The Bertz CT molecular complexity index is 660. The third kappa shape index (κ3) is 1.70. The van der Waals surface area contributed by atoms with E-state index in [9.17, 15) is 10.0 Å². The number of aliphatic hydroxyl groups excluding tert-OH is 1. The average Bonchev–Trinajstić information content (AvgIpc) is 2.76. The van der Waals surface area contributed by atoms with Gasteiger partial charge in [0.1, 0.15) is 6.10 Å². The Morgan fingerprint density at radius 1 is 1.50 bits per heavy atom. The standard InChI is InChI=1S/C16H18N2O4/c1-21-12-3-2-10-9-18(17-20)7-6-16-5-4-11(19)8-13(16)22-15(12)14(10)16/h2-5,11,13,19H,6-9H2,1H3/t11-,13-,16-/m0/s1. The first-order chi connectivity index (χ1) is 10.7. The summed E-state index contributed by atoms with van der Waals surface area (Å²) in [6, 6.07) is 3.85. The molecule has 0 aromatic heterocycles. The lowest BCUT2D eigenvalue weighted by molar-refractivity contribution is 0.0811. The fraction of sp³-hybridized carbons (Fsp3) is 0.500. The number of rotatable bonds is 2. The van der Waals surface area contributed by atoms with Crippen molar-refractivity contribution in [2.45, 2.75) is 37.0 Å². The van der Waals surface area contributed by atoms with Gasteiger partial charge in [0, 0.05) is 18.5 Å². The summed E-state index contributed by atoms with van der Waals surface area (Å²) in [6.07, 6.45) is 4.53. The number of nitrogens with zero attached hydrogens (tertiary/aromatic N) is 2. The molecule has 22 heavy (non-hydrogen) atoms. The number of hydrogen-bond donors (Lipinski definition) is 1. The number of nitroso groups, excluding NO2 is 1. The summed E-state index contributed by atoms with van der Waals surface area (Å²) in [5.74, 6) is 1.44. The molecule has 3 aliphatic rings. The SMILES string of the molecule is COc1ccc2c3c1O[C@H]1C[C@@H](O)C=C[C@@]31CCN(N=O)C2. The van der Waals surface area contributed by atoms with Gasteiger partial charge in [-0.3, -0.25) is 5.01 Å². The van der Waals surface area contributed by atoms with E-state index in [1.54, 1.807) is 12.1 Å². The van der Waals surface area contributed by atoms with E-state index in [-0.39, 0.29) is 11.5 Å². The van der Waals surface area contributed by atoms with Crippen molar-refractivity contribution >= 4 is 0 Å². The van der Waals surface area contributed by atoms with E-state index in [0.29, 0.717) is 25.3 Å². The van der Waals surface area contributed by atoms with Gasteiger partial charge in [0.2, 0.25) is 0 Å². The highest BCUT2D eigenvalue weighted by molar-refractivity contribution is 5.60. The molecule has 1 aromatic rings. The molecule has 0 bridgehead atoms. The Morgan fingerprint density at radius 3 is 3.14 bits per heavy atom. The Hall–Kier alpha value is -2.08. The summed E-state index contributed by atoms with van der Waals surface area (Å²) >= 11 is 0. The number of methoxy groups -OCH3 is 1. The minimum Gasteiger partial charge on any atom is -0.493 e. The van der Waals surface area contributed by atoms with Gasteiger partial charge in [-0.25, -0.2) is 0 Å². The van der Waals surface area contributed by atoms with E-state index >= 15 is 0 Å². The highest BCUT2D eigenvalue weighted by Gasteiger charge is 2.52. The van der Waals surface area contributed by atoms with Gasteiger partial charge in [0.15, 0.2) is 11.5 Å². The molecular weight excluding hydrogens is 284 g/mol. The van der Waals surface area contributed by atoms with E-state index in [2.05, 4.69) is 11.4 Å². The average molecular weight is 302 g/mol. The molecule has 116 valence electrons. The molecular formula is C16H18N2O4. The first-order valence-electron chi connectivity index (χ1n) is 7.50. The fourth-order valence-corrected chi connectivity index (χ4v) is 3.99. The highest BCUT2D eigenvalue weighted by Crippen LogP contribution is 2.55. The largest absolute Gasteiger partial charge is 0.493 e. The van der Waals surface area contributed by atoms with Gasteiger partial charge in [0.05, 0.1) is 30.5 Å². The van der Waals surface area contributed by atoms with Crippen molar-refractivity contribution in [1.29, 1.82) is 0 Å². The lowest BCUT2D eigenvalue weighted by Crippen LogP contribution is -2.42. The maximum Gasteiger partial charge on any atom is 0.166 e. The molecule has 2 aliphatic heterocycles. The molecule has 6 nitrogen and oxygen atoms in total. The quantitative estimate of drug-likeness (QED) is 0.667. The van der Waals surface area contributed by atoms with Crippen LogP contribution in [0.5, 0.6) is 11.5 Å². The van der Waals surface area contributed by atoms with Crippen LogP contribution in [0.2, 0.25) is 0 Å². The Morgan fingerprint density at radius 2 is 2.36 bits per heavy atom. The Balaban J connectivity index is 1.94. The molecule has 4 rings (SSSR count). The van der Waals surface area contributed by atoms with Crippen LogP contribution in [0.25, 0.3) is 0 Å². The lowest BCUT2D eigenvalue weighted by atomic mass is 9.69. The zero-order valence-electron chi connectivity index (χ0n) is 12.4. The maximum atomic E-state index is 11.0. The topological polar surface area (TPSA) is 71.4 Å². The van der Waals surface area contributed by atoms with Crippen LogP contribution in [0.3, 0.4) is 0 Å². The fourth-order valence-electron chi connectivity index (χ4n) is 3.99. The molecule has 0 amide bonds. The molecule has 1 aromatic carbocycles. The molecule has 3 atom stereocenters. The molecule has 1 N–H and O–H groups in total. The van der Waals surface area contributed by atoms with Crippen LogP contribution in [-0.4, -0.2) is 36.0 Å². The second-order valence-electron chi connectivity index (χ2n) is 6.16. The van der Waals surface area contributed by atoms with Gasteiger partial charge >= 0.3 is 0 Å². The molecule has 0 fully saturated rings. The van der Waals surface area contributed by atoms with E-state index in [0.717, 1.165) is 23.3 Å². The van der Waals surface area contributed by atoms with Crippen molar-refractivity contribution < 1.29 is 14.6 Å². The van der Waals surface area contributed by atoms with E-state index in [4.69, 9.17) is 9.47 Å². The first kappa shape index (κ1) is 13.6. The number of hydrogen-bond acceptors (Lipinski definition) is 5. The first-order valence-corrected chi connectivity index (χ1v) is 7.50. The monoisotopic (exact) mass is 302 g/mol. The van der Waals surface area contributed by atoms with Gasteiger partial charge in [-0.05, 0) is 18.1 Å². The van der Waals surface area contributed by atoms with Crippen LogP contribution in [0, 0.1) is 4.91 Å². The zero-order chi connectivity index (χ0) is 15.3. The van der Waals surface area contributed by atoms with Gasteiger partial charge in [-0.1, -0.05) is 18.2 Å². The molecule has 6 heteroatoms. The summed E-state index contributed by atoms with van der Waals surface area (Å²) in [7, 11) is 1.62. The second kappa shape index (κ2) is 4.71. The Kier molecular flexibility index (Phi) is 2.91. The van der Waals surface area contributed by atoms with Crippen LogP contribution < -0.4 is 9.47 Å². The van der Waals surface area contributed by atoms with Crippen LogP contribution in [0.4, 0.5) is 0 Å². The molecule has 2 heterocycles. The summed E-state index contributed by atoms with van der Waals surface area (Å²) in [5.41, 5.74) is 1.82. The van der Waals surface area contributed by atoms with Crippen molar-refractivity contribution in [2.24, 2.45) is 5.29 Å². The summed E-state index contributed by atoms with van der Waals surface area (Å²) in [4.78, 5) is 11.0. The molecule has 1 aliphatic carbocycles. The van der Waals surface area contributed by atoms with Crippen LogP contribution in [0.1, 0.15) is 24.0 Å². The maximum absolute atomic E-state index is 11.0. The van der Waals surface area contributed by atoms with Crippen molar-refractivity contribution in [3.63, 3.8) is 0 Å². The number of benzene rings is 1. The van der Waals surface area contributed by atoms with Crippen LogP contribution >= 0.6 is 0 Å². The van der Waals surface area contributed by atoms with E-state index < -0.39 is 6.10 Å². The number of ether oxygens (including phenoxy) is 2.